The van der Waals surface area contributed by atoms with Crippen molar-refractivity contribution >= 4 is 29.2 Å². The van der Waals surface area contributed by atoms with Crippen LogP contribution in [0.2, 0.25) is 5.02 Å². The fourth-order valence-corrected chi connectivity index (χ4v) is 1.31. The second-order valence-electron chi connectivity index (χ2n) is 3.62. The summed E-state index contributed by atoms with van der Waals surface area (Å²) in [4.78, 5) is 29.7. The van der Waals surface area contributed by atoms with Crippen LogP contribution in [0.25, 0.3) is 0 Å². The summed E-state index contributed by atoms with van der Waals surface area (Å²) in [7, 11) is 1.37. The zero-order chi connectivity index (χ0) is 15.9. The number of rotatable bonds is 2. The molecule has 20 heavy (non-hydrogen) atoms. The molecule has 0 aromatic heterocycles. The van der Waals surface area contributed by atoms with Crippen LogP contribution in [0, 0.1) is 17.0 Å². The minimum absolute atomic E-state index is 0.0654. The second-order valence-corrected chi connectivity index (χ2v) is 4.02. The van der Waals surface area contributed by atoms with Crippen molar-refractivity contribution in [2.45, 2.75) is 20.8 Å². The first kappa shape index (κ1) is 17.8. The Bertz CT molecular complexity index is 517. The highest BCUT2D eigenvalue weighted by Gasteiger charge is 2.16. The van der Waals surface area contributed by atoms with Crippen LogP contribution in [-0.2, 0) is 14.3 Å². The lowest BCUT2D eigenvalue weighted by atomic mass is 10.2. The molecule has 110 valence electrons. The van der Waals surface area contributed by atoms with Crippen molar-refractivity contribution < 1.29 is 24.0 Å². The number of hydrogen-bond donors (Lipinski definition) is 0. The molecule has 7 nitrogen and oxygen atoms in total. The van der Waals surface area contributed by atoms with Crippen LogP contribution in [-0.4, -0.2) is 24.0 Å². The van der Waals surface area contributed by atoms with E-state index in [0.717, 1.165) is 0 Å². The molecule has 8 heteroatoms. The van der Waals surface area contributed by atoms with Gasteiger partial charge in [0.05, 0.1) is 12.0 Å². The number of halogens is 1. The molecule has 0 amide bonds. The Labute approximate surface area is 120 Å². The van der Waals surface area contributed by atoms with Crippen molar-refractivity contribution in [3.05, 3.63) is 32.8 Å². The van der Waals surface area contributed by atoms with E-state index in [1.807, 2.05) is 0 Å². The number of ether oxygens (including phenoxy) is 2. The van der Waals surface area contributed by atoms with Crippen LogP contribution in [0.3, 0.4) is 0 Å². The van der Waals surface area contributed by atoms with Gasteiger partial charge in [-0.3, -0.25) is 19.7 Å². The molecule has 1 aromatic rings. The highest BCUT2D eigenvalue weighted by molar-refractivity contribution is 6.31. The van der Waals surface area contributed by atoms with Crippen molar-refractivity contribution in [2.75, 3.05) is 7.11 Å². The van der Waals surface area contributed by atoms with E-state index in [1.165, 1.54) is 33.1 Å². The molecule has 0 spiro atoms. The van der Waals surface area contributed by atoms with Gasteiger partial charge in [-0.2, -0.15) is 0 Å². The zero-order valence-electron chi connectivity index (χ0n) is 11.4. The van der Waals surface area contributed by atoms with Crippen molar-refractivity contribution in [3.63, 3.8) is 0 Å². The quantitative estimate of drug-likeness (QED) is 0.361. The summed E-state index contributed by atoms with van der Waals surface area (Å²) >= 11 is 5.77. The number of aryl methyl sites for hydroxylation is 1. The number of nitro groups is 1. The summed E-state index contributed by atoms with van der Waals surface area (Å²) in [6, 6.07) is 2.83. The molecular weight excluding hydrogens is 290 g/mol. The van der Waals surface area contributed by atoms with Gasteiger partial charge in [0.15, 0.2) is 5.75 Å². The molecule has 1 rings (SSSR count). The van der Waals surface area contributed by atoms with E-state index in [9.17, 15) is 19.7 Å². The standard InChI is InChI=1S/C8H8ClNO3.C4H6O3/c1-5-3-7(10(11)12)8(13-2)4-6(5)9;1-3(5)7-4(2)6/h3-4H,1-2H3;1-2H3. The molecule has 0 aliphatic rings. The fraction of sp³-hybridized carbons (Fsp3) is 0.333. The van der Waals surface area contributed by atoms with Crippen molar-refractivity contribution in [1.82, 2.24) is 0 Å². The average molecular weight is 304 g/mol. The van der Waals surface area contributed by atoms with E-state index >= 15 is 0 Å². The first-order valence-corrected chi connectivity index (χ1v) is 5.74. The third-order valence-electron chi connectivity index (χ3n) is 1.94. The Kier molecular flexibility index (Phi) is 7.24. The van der Waals surface area contributed by atoms with Gasteiger partial charge < -0.3 is 9.47 Å². The van der Waals surface area contributed by atoms with Gasteiger partial charge >= 0.3 is 17.6 Å². The van der Waals surface area contributed by atoms with Crippen LogP contribution in [0.4, 0.5) is 5.69 Å². The monoisotopic (exact) mass is 303 g/mol. The Morgan fingerprint density at radius 1 is 1.25 bits per heavy atom. The predicted molar refractivity (Wildman–Crippen MR) is 71.8 cm³/mol. The predicted octanol–water partition coefficient (Wildman–Crippen LogP) is 2.66. The maximum Gasteiger partial charge on any atom is 0.311 e. The van der Waals surface area contributed by atoms with E-state index < -0.39 is 16.9 Å². The number of esters is 2. The van der Waals surface area contributed by atoms with Crippen molar-refractivity contribution in [2.24, 2.45) is 0 Å². The number of nitrogens with zero attached hydrogens (tertiary/aromatic N) is 1. The third-order valence-corrected chi connectivity index (χ3v) is 2.35. The molecule has 0 heterocycles. The maximum atomic E-state index is 10.5. The van der Waals surface area contributed by atoms with Crippen LogP contribution in [0.5, 0.6) is 5.75 Å². The van der Waals surface area contributed by atoms with Crippen LogP contribution in [0.15, 0.2) is 12.1 Å². The van der Waals surface area contributed by atoms with Crippen LogP contribution < -0.4 is 4.74 Å². The molecule has 0 fully saturated rings. The molecule has 0 saturated heterocycles. The van der Waals surface area contributed by atoms with E-state index in [-0.39, 0.29) is 11.4 Å². The van der Waals surface area contributed by atoms with E-state index in [4.69, 9.17) is 16.3 Å². The summed E-state index contributed by atoms with van der Waals surface area (Å²) in [5, 5.41) is 11.0. The number of carbonyl (C=O) groups is 2. The Morgan fingerprint density at radius 2 is 1.75 bits per heavy atom. The summed E-state index contributed by atoms with van der Waals surface area (Å²) < 4.78 is 8.79. The number of hydrogen-bond acceptors (Lipinski definition) is 6. The van der Waals surface area contributed by atoms with E-state index in [1.54, 1.807) is 6.92 Å². The lowest BCUT2D eigenvalue weighted by Crippen LogP contribution is -2.03. The first-order valence-electron chi connectivity index (χ1n) is 5.36. The minimum Gasteiger partial charge on any atom is -0.490 e. The molecule has 0 N–H and O–H groups in total. The van der Waals surface area contributed by atoms with Gasteiger partial charge in [0.2, 0.25) is 0 Å². The number of carbonyl (C=O) groups excluding carboxylic acids is 2. The zero-order valence-corrected chi connectivity index (χ0v) is 12.2. The van der Waals surface area contributed by atoms with Crippen LogP contribution >= 0.6 is 11.6 Å². The lowest BCUT2D eigenvalue weighted by Gasteiger charge is -2.03. The number of methoxy groups -OCH3 is 1. The fourth-order valence-electron chi connectivity index (χ4n) is 1.16. The second kappa shape index (κ2) is 8.11. The van der Waals surface area contributed by atoms with E-state index in [0.29, 0.717) is 10.6 Å². The smallest absolute Gasteiger partial charge is 0.311 e. The molecule has 0 aliphatic carbocycles. The Morgan fingerprint density at radius 3 is 2.05 bits per heavy atom. The lowest BCUT2D eigenvalue weighted by molar-refractivity contribution is -0.385. The average Bonchev–Trinajstić information content (AvgIpc) is 2.30. The third kappa shape index (κ3) is 6.14. The number of benzene rings is 1. The molecule has 0 radical (unpaired) electrons. The summed E-state index contributed by atoms with van der Waals surface area (Å²) in [5.41, 5.74) is 0.596. The molecule has 1 aromatic carbocycles. The van der Waals surface area contributed by atoms with Gasteiger partial charge in [-0.1, -0.05) is 11.6 Å². The van der Waals surface area contributed by atoms with Gasteiger partial charge in [0, 0.05) is 31.0 Å². The highest BCUT2D eigenvalue weighted by atomic mass is 35.5. The number of nitro benzene ring substituents is 1. The molecule has 0 atom stereocenters. The molecule has 0 aliphatic heterocycles. The highest BCUT2D eigenvalue weighted by Crippen LogP contribution is 2.32. The largest absolute Gasteiger partial charge is 0.490 e. The topological polar surface area (TPSA) is 95.7 Å². The minimum atomic E-state index is -0.562. The van der Waals surface area contributed by atoms with Gasteiger partial charge in [-0.25, -0.2) is 0 Å². The first-order chi connectivity index (χ1) is 9.18. The Hall–Kier alpha value is -2.15. The van der Waals surface area contributed by atoms with Gasteiger partial charge in [0.25, 0.3) is 0 Å². The maximum absolute atomic E-state index is 10.5. The Balaban J connectivity index is 0.000000441. The molecular formula is C12H14ClNO6. The summed E-state index contributed by atoms with van der Waals surface area (Å²) in [5.74, 6) is -0.944. The molecule has 0 unspecified atom stereocenters. The summed E-state index contributed by atoms with van der Waals surface area (Å²) in [6.45, 7) is 4.07. The van der Waals surface area contributed by atoms with Gasteiger partial charge in [-0.15, -0.1) is 0 Å². The van der Waals surface area contributed by atoms with Crippen LogP contribution in [0.1, 0.15) is 19.4 Å². The molecule has 0 saturated carbocycles. The molecule has 0 bridgehead atoms. The normalized spacial score (nSPS) is 9.05. The van der Waals surface area contributed by atoms with E-state index in [2.05, 4.69) is 4.74 Å². The van der Waals surface area contributed by atoms with Crippen molar-refractivity contribution in [3.8, 4) is 5.75 Å². The van der Waals surface area contributed by atoms with Gasteiger partial charge in [0.1, 0.15) is 0 Å². The van der Waals surface area contributed by atoms with Crippen molar-refractivity contribution in [1.29, 1.82) is 0 Å². The SMILES string of the molecule is CC(=O)OC(C)=O.COc1cc(Cl)c(C)cc1[N+](=O)[O-]. The summed E-state index contributed by atoms with van der Waals surface area (Å²) in [6.07, 6.45) is 0. The van der Waals surface area contributed by atoms with Gasteiger partial charge in [-0.05, 0) is 12.5 Å².